The summed E-state index contributed by atoms with van der Waals surface area (Å²) in [6.07, 6.45) is 1.99. The van der Waals surface area contributed by atoms with Crippen LogP contribution in [0.25, 0.3) is 0 Å². The Morgan fingerprint density at radius 3 is 2.41 bits per heavy atom. The third kappa shape index (κ3) is 2.23. The van der Waals surface area contributed by atoms with Gasteiger partial charge in [-0.25, -0.2) is 0 Å². The molecule has 0 heterocycles. The Kier molecular flexibility index (Phi) is 3.00. The Bertz CT molecular complexity index is 538. The van der Waals surface area contributed by atoms with Gasteiger partial charge < -0.3 is 4.79 Å². The maximum Gasteiger partial charge on any atom is 0.189 e. The summed E-state index contributed by atoms with van der Waals surface area (Å²) in [5.41, 5.74) is 1.33. The van der Waals surface area contributed by atoms with Crippen LogP contribution in [0.3, 0.4) is 0 Å². The summed E-state index contributed by atoms with van der Waals surface area (Å²) < 4.78 is 0. The predicted molar refractivity (Wildman–Crippen MR) is 63.1 cm³/mol. The standard InChI is InChI=1S/C14H12O3/c1-9(15)6-7-10-8-13(16)11-4-2-3-5-12(11)14(10)17/h2-5,8H,6-7H2,1H3. The van der Waals surface area contributed by atoms with E-state index in [2.05, 4.69) is 0 Å². The van der Waals surface area contributed by atoms with E-state index < -0.39 is 0 Å². The van der Waals surface area contributed by atoms with Gasteiger partial charge in [-0.3, -0.25) is 9.59 Å². The largest absolute Gasteiger partial charge is 0.300 e. The third-order valence-corrected chi connectivity index (χ3v) is 2.78. The molecule has 0 aliphatic heterocycles. The average Bonchev–Trinajstić information content (AvgIpc) is 2.32. The molecule has 0 N–H and O–H groups in total. The normalized spacial score (nSPS) is 14.3. The molecule has 3 nitrogen and oxygen atoms in total. The summed E-state index contributed by atoms with van der Waals surface area (Å²) in [5, 5.41) is 0. The second kappa shape index (κ2) is 4.45. The smallest absolute Gasteiger partial charge is 0.189 e. The van der Waals surface area contributed by atoms with Crippen molar-refractivity contribution >= 4 is 17.3 Å². The van der Waals surface area contributed by atoms with E-state index in [9.17, 15) is 14.4 Å². The molecule has 1 aliphatic rings. The number of hydrogen-bond donors (Lipinski definition) is 0. The highest BCUT2D eigenvalue weighted by Crippen LogP contribution is 2.23. The first kappa shape index (κ1) is 11.5. The summed E-state index contributed by atoms with van der Waals surface area (Å²) in [6, 6.07) is 6.76. The Labute approximate surface area is 99.1 Å². The summed E-state index contributed by atoms with van der Waals surface area (Å²) in [5.74, 6) is -0.273. The van der Waals surface area contributed by atoms with Gasteiger partial charge in [0.15, 0.2) is 11.6 Å². The van der Waals surface area contributed by atoms with Crippen LogP contribution in [0, 0.1) is 0 Å². The molecule has 3 heteroatoms. The first-order valence-corrected chi connectivity index (χ1v) is 5.47. The van der Waals surface area contributed by atoms with Crippen LogP contribution in [-0.2, 0) is 4.79 Å². The minimum atomic E-state index is -0.154. The van der Waals surface area contributed by atoms with Gasteiger partial charge in [-0.05, 0) is 19.4 Å². The molecule has 0 spiro atoms. The number of hydrogen-bond acceptors (Lipinski definition) is 3. The van der Waals surface area contributed by atoms with E-state index in [1.54, 1.807) is 24.3 Å². The van der Waals surface area contributed by atoms with Crippen molar-refractivity contribution in [1.29, 1.82) is 0 Å². The van der Waals surface area contributed by atoms with Crippen molar-refractivity contribution in [1.82, 2.24) is 0 Å². The van der Waals surface area contributed by atoms with Gasteiger partial charge in [-0.2, -0.15) is 0 Å². The monoisotopic (exact) mass is 228 g/mol. The molecule has 1 aliphatic carbocycles. The number of Topliss-reactive ketones (excluding diaryl/α,β-unsaturated/α-hetero) is 2. The highest BCUT2D eigenvalue weighted by molar-refractivity contribution is 6.24. The Morgan fingerprint density at radius 1 is 1.12 bits per heavy atom. The minimum Gasteiger partial charge on any atom is -0.300 e. The number of benzene rings is 1. The lowest BCUT2D eigenvalue weighted by atomic mass is 9.87. The van der Waals surface area contributed by atoms with Gasteiger partial charge in [-0.15, -0.1) is 0 Å². The maximum absolute atomic E-state index is 12.0. The van der Waals surface area contributed by atoms with Crippen LogP contribution in [0.1, 0.15) is 40.5 Å². The van der Waals surface area contributed by atoms with E-state index >= 15 is 0 Å². The second-order valence-electron chi connectivity index (χ2n) is 4.11. The van der Waals surface area contributed by atoms with Gasteiger partial charge in [0.2, 0.25) is 0 Å². The Balaban J connectivity index is 2.32. The van der Waals surface area contributed by atoms with Crippen LogP contribution in [0.5, 0.6) is 0 Å². The summed E-state index contributed by atoms with van der Waals surface area (Å²) in [4.78, 5) is 34.7. The van der Waals surface area contributed by atoms with Crippen molar-refractivity contribution in [2.45, 2.75) is 19.8 Å². The fourth-order valence-electron chi connectivity index (χ4n) is 1.87. The third-order valence-electron chi connectivity index (χ3n) is 2.78. The molecule has 0 amide bonds. The van der Waals surface area contributed by atoms with Crippen molar-refractivity contribution in [3.8, 4) is 0 Å². The van der Waals surface area contributed by atoms with E-state index in [0.717, 1.165) is 0 Å². The Morgan fingerprint density at radius 2 is 1.76 bits per heavy atom. The number of carbonyl (C=O) groups excluding carboxylic acids is 3. The number of ketones is 3. The van der Waals surface area contributed by atoms with Gasteiger partial charge in [0.25, 0.3) is 0 Å². The van der Waals surface area contributed by atoms with Crippen molar-refractivity contribution < 1.29 is 14.4 Å². The molecule has 2 rings (SSSR count). The lowest BCUT2D eigenvalue weighted by Gasteiger charge is -2.14. The van der Waals surface area contributed by atoms with Crippen LogP contribution in [-0.4, -0.2) is 17.3 Å². The zero-order valence-corrected chi connectivity index (χ0v) is 9.53. The molecule has 0 saturated heterocycles. The van der Waals surface area contributed by atoms with Gasteiger partial charge in [0, 0.05) is 23.1 Å². The lowest BCUT2D eigenvalue weighted by molar-refractivity contribution is -0.116. The molecule has 0 atom stereocenters. The average molecular weight is 228 g/mol. The van der Waals surface area contributed by atoms with Crippen molar-refractivity contribution in [3.05, 3.63) is 47.0 Å². The Hall–Kier alpha value is -2.03. The molecule has 0 aromatic heterocycles. The molecule has 0 bridgehead atoms. The number of carbonyl (C=O) groups is 3. The van der Waals surface area contributed by atoms with Gasteiger partial charge in [0.1, 0.15) is 5.78 Å². The van der Waals surface area contributed by atoms with Crippen LogP contribution < -0.4 is 0 Å². The quantitative estimate of drug-likeness (QED) is 0.798. The molecular weight excluding hydrogens is 216 g/mol. The van der Waals surface area contributed by atoms with E-state index in [4.69, 9.17) is 0 Å². The van der Waals surface area contributed by atoms with Crippen LogP contribution in [0.4, 0.5) is 0 Å². The molecule has 0 unspecified atom stereocenters. The van der Waals surface area contributed by atoms with E-state index in [1.807, 2.05) is 0 Å². The highest BCUT2D eigenvalue weighted by Gasteiger charge is 2.24. The first-order chi connectivity index (χ1) is 8.09. The maximum atomic E-state index is 12.0. The number of fused-ring (bicyclic) bond motifs is 1. The number of allylic oxidation sites excluding steroid dienone is 2. The highest BCUT2D eigenvalue weighted by atomic mass is 16.1. The molecule has 0 saturated carbocycles. The van der Waals surface area contributed by atoms with Crippen LogP contribution in [0.15, 0.2) is 35.9 Å². The fraction of sp³-hybridized carbons (Fsp3) is 0.214. The van der Waals surface area contributed by atoms with Crippen molar-refractivity contribution in [2.24, 2.45) is 0 Å². The van der Waals surface area contributed by atoms with E-state index in [1.165, 1.54) is 13.0 Å². The second-order valence-corrected chi connectivity index (χ2v) is 4.11. The summed E-state index contributed by atoms with van der Waals surface area (Å²) >= 11 is 0. The van der Waals surface area contributed by atoms with Crippen LogP contribution in [0.2, 0.25) is 0 Å². The van der Waals surface area contributed by atoms with E-state index in [0.29, 0.717) is 29.5 Å². The van der Waals surface area contributed by atoms with Crippen LogP contribution >= 0.6 is 0 Å². The van der Waals surface area contributed by atoms with E-state index in [-0.39, 0.29) is 17.3 Å². The molecule has 0 radical (unpaired) electrons. The molecule has 86 valence electrons. The van der Waals surface area contributed by atoms with Gasteiger partial charge in [-0.1, -0.05) is 24.3 Å². The van der Waals surface area contributed by atoms with Crippen molar-refractivity contribution in [2.75, 3.05) is 0 Å². The van der Waals surface area contributed by atoms with Gasteiger partial charge in [0.05, 0.1) is 0 Å². The van der Waals surface area contributed by atoms with Gasteiger partial charge >= 0.3 is 0 Å². The molecular formula is C14H12O3. The van der Waals surface area contributed by atoms with Crippen molar-refractivity contribution in [3.63, 3.8) is 0 Å². The molecule has 17 heavy (non-hydrogen) atoms. The number of rotatable bonds is 3. The SMILES string of the molecule is CC(=O)CCC1=CC(=O)c2ccccc2C1=O. The minimum absolute atomic E-state index is 0.0185. The fourth-order valence-corrected chi connectivity index (χ4v) is 1.87. The topological polar surface area (TPSA) is 51.2 Å². The molecule has 1 aromatic rings. The summed E-state index contributed by atoms with van der Waals surface area (Å²) in [7, 11) is 0. The zero-order valence-electron chi connectivity index (χ0n) is 9.53. The lowest BCUT2D eigenvalue weighted by Crippen LogP contribution is -2.17. The molecule has 1 aromatic carbocycles. The molecule has 0 fully saturated rings. The zero-order chi connectivity index (χ0) is 12.4. The summed E-state index contributed by atoms with van der Waals surface area (Å²) in [6.45, 7) is 1.48. The first-order valence-electron chi connectivity index (χ1n) is 5.47. The predicted octanol–water partition coefficient (Wildman–Crippen LogP) is 2.36.